The molecule has 4 aliphatic carbocycles. The summed E-state index contributed by atoms with van der Waals surface area (Å²) in [6, 6.07) is 0. The van der Waals surface area contributed by atoms with E-state index in [0.717, 1.165) is 49.9 Å². The first-order valence-electron chi connectivity index (χ1n) is 10.1. The van der Waals surface area contributed by atoms with E-state index in [1.165, 1.54) is 51.4 Å². The molecule has 1 aliphatic heterocycles. The van der Waals surface area contributed by atoms with Gasteiger partial charge in [-0.3, -0.25) is 0 Å². The molecule has 23 heavy (non-hydrogen) atoms. The highest BCUT2D eigenvalue weighted by molar-refractivity contribution is 5.01. The fourth-order valence-electron chi connectivity index (χ4n) is 6.68. The topological polar surface area (TPSA) is 32.7 Å². The second kappa shape index (κ2) is 6.65. The van der Waals surface area contributed by atoms with Gasteiger partial charge >= 0.3 is 0 Å². The lowest BCUT2D eigenvalue weighted by atomic mass is 9.50. The minimum atomic E-state index is -0.311. The summed E-state index contributed by atoms with van der Waals surface area (Å²) in [5.74, 6) is 3.75. The van der Waals surface area contributed by atoms with Crippen LogP contribution < -0.4 is 0 Å². The van der Waals surface area contributed by atoms with Crippen molar-refractivity contribution in [3.8, 4) is 0 Å². The van der Waals surface area contributed by atoms with E-state index >= 15 is 0 Å². The molecular formula is C20H35NO2. The Bertz CT molecular complexity index is 375. The second-order valence-corrected chi connectivity index (χ2v) is 9.59. The van der Waals surface area contributed by atoms with Crippen molar-refractivity contribution in [2.24, 2.45) is 29.1 Å². The highest BCUT2D eigenvalue weighted by atomic mass is 16.5. The van der Waals surface area contributed by atoms with Crippen molar-refractivity contribution in [3.63, 3.8) is 0 Å². The molecule has 5 rings (SSSR count). The summed E-state index contributed by atoms with van der Waals surface area (Å²) in [5.41, 5.74) is 0.480. The van der Waals surface area contributed by atoms with Crippen molar-refractivity contribution in [2.45, 2.75) is 64.4 Å². The van der Waals surface area contributed by atoms with Gasteiger partial charge in [-0.05, 0) is 87.0 Å². The zero-order chi connectivity index (χ0) is 15.9. The van der Waals surface area contributed by atoms with Crippen molar-refractivity contribution in [3.05, 3.63) is 0 Å². The minimum absolute atomic E-state index is 0.311. The number of β-amino-alcohol motifs (C(OH)–C–C–N with tert-alkyl or cyclic N) is 1. The van der Waals surface area contributed by atoms with Crippen LogP contribution >= 0.6 is 0 Å². The van der Waals surface area contributed by atoms with Gasteiger partial charge in [-0.15, -0.1) is 0 Å². The van der Waals surface area contributed by atoms with E-state index in [4.69, 9.17) is 4.74 Å². The highest BCUT2D eigenvalue weighted by Gasteiger charge is 2.50. The Labute approximate surface area is 141 Å². The van der Waals surface area contributed by atoms with Crippen LogP contribution in [-0.4, -0.2) is 49.0 Å². The maximum absolute atomic E-state index is 10.3. The van der Waals surface area contributed by atoms with Gasteiger partial charge in [0.05, 0.1) is 19.3 Å². The fraction of sp³-hybridized carbons (Fsp3) is 1.00. The van der Waals surface area contributed by atoms with E-state index in [2.05, 4.69) is 11.8 Å². The van der Waals surface area contributed by atoms with E-state index in [1.807, 2.05) is 0 Å². The highest BCUT2D eigenvalue weighted by Crippen LogP contribution is 2.60. The third kappa shape index (κ3) is 3.77. The first-order valence-corrected chi connectivity index (χ1v) is 10.1. The summed E-state index contributed by atoms with van der Waals surface area (Å²) in [6.07, 6.45) is 11.0. The smallest absolute Gasteiger partial charge is 0.0900 e. The van der Waals surface area contributed by atoms with Crippen LogP contribution in [0, 0.1) is 29.1 Å². The van der Waals surface area contributed by atoms with E-state index in [9.17, 15) is 5.11 Å². The molecule has 0 amide bonds. The van der Waals surface area contributed by atoms with Crippen molar-refractivity contribution < 1.29 is 9.84 Å². The standard InChI is InChI=1S/C20H35NO2/c1-15-3-2-4-21(11-15)12-19(22)13-23-14-20-8-16-5-17(9-20)7-18(6-16)10-20/h15-19,22H,2-14H2,1H3/t15-,16?,17?,18?,19+,20?/m0/s1. The zero-order valence-electron chi connectivity index (χ0n) is 14.9. The lowest BCUT2D eigenvalue weighted by Crippen LogP contribution is -2.48. The third-order valence-electron chi connectivity index (χ3n) is 7.09. The van der Waals surface area contributed by atoms with Gasteiger partial charge in [-0.2, -0.15) is 0 Å². The van der Waals surface area contributed by atoms with Crippen LogP contribution in [0.5, 0.6) is 0 Å². The molecule has 0 aromatic carbocycles. The second-order valence-electron chi connectivity index (χ2n) is 9.59. The molecule has 2 atom stereocenters. The number of rotatable bonds is 6. The number of likely N-dealkylation sites (tertiary alicyclic amines) is 1. The molecule has 0 unspecified atom stereocenters. The first-order chi connectivity index (χ1) is 11.1. The Morgan fingerprint density at radius 2 is 1.78 bits per heavy atom. The molecule has 3 nitrogen and oxygen atoms in total. The summed E-state index contributed by atoms with van der Waals surface area (Å²) in [4.78, 5) is 2.42. The average molecular weight is 322 g/mol. The van der Waals surface area contributed by atoms with Gasteiger partial charge in [0.1, 0.15) is 0 Å². The lowest BCUT2D eigenvalue weighted by molar-refractivity contribution is -0.107. The maximum atomic E-state index is 10.3. The molecule has 4 saturated carbocycles. The number of hydrogen-bond acceptors (Lipinski definition) is 3. The third-order valence-corrected chi connectivity index (χ3v) is 7.09. The van der Waals surface area contributed by atoms with E-state index in [-0.39, 0.29) is 6.10 Å². The Hall–Kier alpha value is -0.120. The van der Waals surface area contributed by atoms with Gasteiger partial charge in [0.25, 0.3) is 0 Å². The average Bonchev–Trinajstić information content (AvgIpc) is 2.45. The van der Waals surface area contributed by atoms with E-state index in [1.54, 1.807) is 0 Å². The fourth-order valence-corrected chi connectivity index (χ4v) is 6.68. The van der Waals surface area contributed by atoms with Gasteiger partial charge < -0.3 is 14.7 Å². The molecule has 1 N–H and O–H groups in total. The van der Waals surface area contributed by atoms with Crippen molar-refractivity contribution >= 4 is 0 Å². The van der Waals surface area contributed by atoms with Gasteiger partial charge in [0, 0.05) is 13.1 Å². The lowest BCUT2D eigenvalue weighted by Gasteiger charge is -2.56. The van der Waals surface area contributed by atoms with Gasteiger partial charge in [-0.25, -0.2) is 0 Å². The van der Waals surface area contributed by atoms with E-state index in [0.29, 0.717) is 12.0 Å². The maximum Gasteiger partial charge on any atom is 0.0900 e. The van der Waals surface area contributed by atoms with Crippen LogP contribution in [0.2, 0.25) is 0 Å². The summed E-state index contributed by atoms with van der Waals surface area (Å²) >= 11 is 0. The normalized spacial score (nSPS) is 44.6. The molecule has 1 heterocycles. The quantitative estimate of drug-likeness (QED) is 0.814. The number of ether oxygens (including phenoxy) is 1. The molecule has 4 bridgehead atoms. The molecule has 0 aromatic rings. The predicted molar refractivity (Wildman–Crippen MR) is 92.3 cm³/mol. The Kier molecular flexibility index (Phi) is 4.73. The number of piperidine rings is 1. The molecular weight excluding hydrogens is 286 g/mol. The molecule has 1 saturated heterocycles. The molecule has 0 spiro atoms. The number of aliphatic hydroxyl groups is 1. The molecule has 5 fully saturated rings. The van der Waals surface area contributed by atoms with Gasteiger partial charge in [0.2, 0.25) is 0 Å². The van der Waals surface area contributed by atoms with E-state index < -0.39 is 0 Å². The van der Waals surface area contributed by atoms with Crippen molar-refractivity contribution in [1.29, 1.82) is 0 Å². The minimum Gasteiger partial charge on any atom is -0.389 e. The largest absolute Gasteiger partial charge is 0.389 e. The Morgan fingerprint density at radius 3 is 2.39 bits per heavy atom. The molecule has 3 heteroatoms. The summed E-state index contributed by atoms with van der Waals surface area (Å²) in [7, 11) is 0. The molecule has 0 radical (unpaired) electrons. The van der Waals surface area contributed by atoms with Crippen LogP contribution in [-0.2, 0) is 4.74 Å². The number of nitrogens with zero attached hydrogens (tertiary/aromatic N) is 1. The zero-order valence-corrected chi connectivity index (χ0v) is 14.9. The van der Waals surface area contributed by atoms with Gasteiger partial charge in [-0.1, -0.05) is 6.92 Å². The van der Waals surface area contributed by atoms with Crippen LogP contribution in [0.4, 0.5) is 0 Å². The number of aliphatic hydroxyl groups excluding tert-OH is 1. The van der Waals surface area contributed by atoms with Crippen LogP contribution in [0.25, 0.3) is 0 Å². The Balaban J connectivity index is 1.21. The molecule has 0 aromatic heterocycles. The van der Waals surface area contributed by atoms with Crippen molar-refractivity contribution in [2.75, 3.05) is 32.8 Å². The first kappa shape index (κ1) is 16.4. The SMILES string of the molecule is C[C@H]1CCCN(C[C@@H](O)COCC23CC4CC(CC(C4)C2)C3)C1. The van der Waals surface area contributed by atoms with Crippen LogP contribution in [0.3, 0.4) is 0 Å². The molecule has 5 aliphatic rings. The molecule has 132 valence electrons. The summed E-state index contributed by atoms with van der Waals surface area (Å²) < 4.78 is 6.07. The predicted octanol–water partition coefficient (Wildman–Crippen LogP) is 3.31. The van der Waals surface area contributed by atoms with Crippen LogP contribution in [0.1, 0.15) is 58.3 Å². The monoisotopic (exact) mass is 321 g/mol. The number of hydrogen-bond donors (Lipinski definition) is 1. The summed E-state index contributed by atoms with van der Waals surface area (Å²) in [5, 5.41) is 10.3. The Morgan fingerprint density at radius 1 is 1.13 bits per heavy atom. The van der Waals surface area contributed by atoms with Crippen molar-refractivity contribution in [1.82, 2.24) is 4.90 Å². The van der Waals surface area contributed by atoms with Gasteiger partial charge in [0.15, 0.2) is 0 Å². The summed E-state index contributed by atoms with van der Waals surface area (Å²) in [6.45, 7) is 6.85. The van der Waals surface area contributed by atoms with Crippen LogP contribution in [0.15, 0.2) is 0 Å².